The zero-order valence-corrected chi connectivity index (χ0v) is 15.4. The van der Waals surface area contributed by atoms with E-state index in [9.17, 15) is 14.7 Å². The normalized spacial score (nSPS) is 13.2. The highest BCUT2D eigenvalue weighted by atomic mass is 32.2. The second-order valence-corrected chi connectivity index (χ2v) is 6.95. The molecule has 1 unspecified atom stereocenters. The van der Waals surface area contributed by atoms with Crippen LogP contribution in [0.5, 0.6) is 0 Å². The van der Waals surface area contributed by atoms with E-state index in [1.165, 1.54) is 11.8 Å². The zero-order valence-electron chi connectivity index (χ0n) is 13.7. The summed E-state index contributed by atoms with van der Waals surface area (Å²) in [5, 5.41) is 11.8. The Bertz CT molecular complexity index is 521. The molecular formula is C16H24N2O3S2. The van der Waals surface area contributed by atoms with E-state index in [1.54, 1.807) is 6.92 Å². The van der Waals surface area contributed by atoms with E-state index in [4.69, 9.17) is 0 Å². The molecule has 0 heterocycles. The number of thioether (sulfide) groups is 1. The quantitative estimate of drug-likeness (QED) is 0.591. The number of hydrogen-bond donors (Lipinski definition) is 3. The van der Waals surface area contributed by atoms with Crippen LogP contribution in [-0.2, 0) is 15.3 Å². The lowest BCUT2D eigenvalue weighted by molar-refractivity contribution is -0.141. The van der Waals surface area contributed by atoms with Crippen molar-refractivity contribution in [2.24, 2.45) is 5.92 Å². The van der Waals surface area contributed by atoms with Gasteiger partial charge in [0, 0.05) is 43.0 Å². The molecule has 2 atom stereocenters. The summed E-state index contributed by atoms with van der Waals surface area (Å²) in [5.74, 6) is -0.165. The molecule has 1 aromatic carbocycles. The summed E-state index contributed by atoms with van der Waals surface area (Å²) >= 11 is 5.54. The summed E-state index contributed by atoms with van der Waals surface area (Å²) in [4.78, 5) is 25.1. The minimum atomic E-state index is -1.01. The van der Waals surface area contributed by atoms with Crippen molar-refractivity contribution in [2.75, 3.05) is 30.5 Å². The van der Waals surface area contributed by atoms with Crippen LogP contribution in [0.15, 0.2) is 24.3 Å². The van der Waals surface area contributed by atoms with Crippen molar-refractivity contribution in [3.8, 4) is 0 Å². The average Bonchev–Trinajstić information content (AvgIpc) is 2.53. The molecule has 0 aliphatic rings. The average molecular weight is 357 g/mol. The molecule has 1 rings (SSSR count). The standard InChI is InChI=1S/C16H24N2O3S2/c1-11(8-22)15(19)17-14(16(20)21)10-23-9-12-4-6-13(7-5-12)18(2)3/h4-7,11,14,22H,8-10H2,1-3H3,(H,17,19)(H,20,21)/t11-,14?/m1/s1. The van der Waals surface area contributed by atoms with E-state index in [0.717, 1.165) is 11.3 Å². The number of hydrogen-bond acceptors (Lipinski definition) is 5. The van der Waals surface area contributed by atoms with E-state index >= 15 is 0 Å². The van der Waals surface area contributed by atoms with Crippen molar-refractivity contribution >= 4 is 42.0 Å². The molecule has 2 N–H and O–H groups in total. The molecule has 0 saturated carbocycles. The van der Waals surface area contributed by atoms with Crippen LogP contribution in [0, 0.1) is 5.92 Å². The molecule has 0 aliphatic carbocycles. The van der Waals surface area contributed by atoms with Crippen LogP contribution < -0.4 is 10.2 Å². The first-order chi connectivity index (χ1) is 10.8. The minimum Gasteiger partial charge on any atom is -0.480 e. The van der Waals surface area contributed by atoms with Crippen LogP contribution in [-0.4, -0.2) is 48.6 Å². The molecule has 7 heteroatoms. The number of carboxylic acid groups (broad SMARTS) is 1. The Morgan fingerprint density at radius 1 is 1.30 bits per heavy atom. The fourth-order valence-corrected chi connectivity index (χ4v) is 2.93. The third kappa shape index (κ3) is 6.74. The molecule has 23 heavy (non-hydrogen) atoms. The smallest absolute Gasteiger partial charge is 0.327 e. The molecule has 1 amide bonds. The summed E-state index contributed by atoms with van der Waals surface area (Å²) in [7, 11) is 3.96. The van der Waals surface area contributed by atoms with Crippen LogP contribution in [0.3, 0.4) is 0 Å². The molecule has 5 nitrogen and oxygen atoms in total. The first-order valence-electron chi connectivity index (χ1n) is 7.33. The van der Waals surface area contributed by atoms with Gasteiger partial charge in [-0.15, -0.1) is 0 Å². The van der Waals surface area contributed by atoms with Crippen LogP contribution in [0.4, 0.5) is 5.69 Å². The predicted octanol–water partition coefficient (Wildman–Crippen LogP) is 2.12. The molecule has 128 valence electrons. The van der Waals surface area contributed by atoms with Crippen molar-refractivity contribution in [3.63, 3.8) is 0 Å². The molecule has 0 radical (unpaired) electrons. The summed E-state index contributed by atoms with van der Waals surface area (Å²) in [6.07, 6.45) is 0. The summed E-state index contributed by atoms with van der Waals surface area (Å²) < 4.78 is 0. The van der Waals surface area contributed by atoms with E-state index in [1.807, 2.05) is 43.3 Å². The molecular weight excluding hydrogens is 332 g/mol. The van der Waals surface area contributed by atoms with Gasteiger partial charge in [-0.05, 0) is 17.7 Å². The minimum absolute atomic E-state index is 0.275. The lowest BCUT2D eigenvalue weighted by Crippen LogP contribution is -2.45. The molecule has 0 aliphatic heterocycles. The van der Waals surface area contributed by atoms with Crippen LogP contribution in [0.1, 0.15) is 12.5 Å². The van der Waals surface area contributed by atoms with Gasteiger partial charge in [0.2, 0.25) is 5.91 Å². The Kier molecular flexibility index (Phi) is 8.33. The highest BCUT2D eigenvalue weighted by Crippen LogP contribution is 2.17. The Morgan fingerprint density at radius 3 is 2.39 bits per heavy atom. The van der Waals surface area contributed by atoms with Crippen molar-refractivity contribution in [3.05, 3.63) is 29.8 Å². The number of thiol groups is 1. The van der Waals surface area contributed by atoms with Gasteiger partial charge in [-0.25, -0.2) is 4.79 Å². The van der Waals surface area contributed by atoms with Crippen LogP contribution in [0.2, 0.25) is 0 Å². The van der Waals surface area contributed by atoms with Gasteiger partial charge >= 0.3 is 5.97 Å². The number of carboxylic acids is 1. The topological polar surface area (TPSA) is 69.6 Å². The van der Waals surface area contributed by atoms with Gasteiger partial charge in [-0.1, -0.05) is 19.1 Å². The summed E-state index contributed by atoms with van der Waals surface area (Å²) in [6.45, 7) is 1.72. The van der Waals surface area contributed by atoms with Gasteiger partial charge in [0.1, 0.15) is 6.04 Å². The number of amides is 1. The second kappa shape index (κ2) is 9.72. The van der Waals surface area contributed by atoms with Gasteiger partial charge < -0.3 is 15.3 Å². The number of benzene rings is 1. The lowest BCUT2D eigenvalue weighted by Gasteiger charge is -2.17. The number of aliphatic carboxylic acids is 1. The van der Waals surface area contributed by atoms with Crippen molar-refractivity contribution < 1.29 is 14.7 Å². The molecule has 0 bridgehead atoms. The maximum Gasteiger partial charge on any atom is 0.327 e. The molecule has 0 saturated heterocycles. The van der Waals surface area contributed by atoms with Gasteiger partial charge in [0.05, 0.1) is 0 Å². The number of rotatable bonds is 9. The van der Waals surface area contributed by atoms with Crippen molar-refractivity contribution in [1.82, 2.24) is 5.32 Å². The lowest BCUT2D eigenvalue weighted by atomic mass is 10.2. The number of nitrogens with one attached hydrogen (secondary N) is 1. The van der Waals surface area contributed by atoms with Gasteiger partial charge in [-0.2, -0.15) is 24.4 Å². The first kappa shape index (κ1) is 19.7. The monoisotopic (exact) mass is 356 g/mol. The third-order valence-corrected chi connectivity index (χ3v) is 5.00. The van der Waals surface area contributed by atoms with E-state index < -0.39 is 12.0 Å². The van der Waals surface area contributed by atoms with E-state index in [0.29, 0.717) is 17.3 Å². The molecule has 0 aromatic heterocycles. The Hall–Kier alpha value is -1.34. The third-order valence-electron chi connectivity index (χ3n) is 3.34. The van der Waals surface area contributed by atoms with Gasteiger partial charge in [0.25, 0.3) is 0 Å². The van der Waals surface area contributed by atoms with Crippen molar-refractivity contribution in [1.29, 1.82) is 0 Å². The summed E-state index contributed by atoms with van der Waals surface area (Å²) in [5.41, 5.74) is 2.25. The maximum absolute atomic E-state index is 11.8. The van der Waals surface area contributed by atoms with Gasteiger partial charge in [-0.3, -0.25) is 4.79 Å². The second-order valence-electron chi connectivity index (χ2n) is 5.56. The highest BCUT2D eigenvalue weighted by Gasteiger charge is 2.22. The largest absolute Gasteiger partial charge is 0.480 e. The Morgan fingerprint density at radius 2 is 1.91 bits per heavy atom. The van der Waals surface area contributed by atoms with E-state index in [2.05, 4.69) is 17.9 Å². The highest BCUT2D eigenvalue weighted by molar-refractivity contribution is 7.98. The maximum atomic E-state index is 11.8. The van der Waals surface area contributed by atoms with Gasteiger partial charge in [0.15, 0.2) is 0 Å². The fraction of sp³-hybridized carbons (Fsp3) is 0.500. The van der Waals surface area contributed by atoms with Crippen LogP contribution in [0.25, 0.3) is 0 Å². The molecule has 0 spiro atoms. The predicted molar refractivity (Wildman–Crippen MR) is 99.5 cm³/mol. The zero-order chi connectivity index (χ0) is 17.4. The van der Waals surface area contributed by atoms with Crippen molar-refractivity contribution in [2.45, 2.75) is 18.7 Å². The fourth-order valence-electron chi connectivity index (χ4n) is 1.76. The number of nitrogens with zero attached hydrogens (tertiary/aromatic N) is 1. The first-order valence-corrected chi connectivity index (χ1v) is 9.12. The summed E-state index contributed by atoms with van der Waals surface area (Å²) in [6, 6.07) is 7.23. The Balaban J connectivity index is 2.49. The SMILES string of the molecule is C[C@H](CS)C(=O)NC(CSCc1ccc(N(C)C)cc1)C(=O)O. The van der Waals surface area contributed by atoms with E-state index in [-0.39, 0.29) is 11.8 Å². The number of carbonyl (C=O) groups excluding carboxylic acids is 1. The number of anilines is 1. The molecule has 1 aromatic rings. The molecule has 0 fully saturated rings. The number of carbonyl (C=O) groups is 2. The van der Waals surface area contributed by atoms with Crippen LogP contribution >= 0.6 is 24.4 Å². The Labute approximate surface area is 147 Å².